The number of thiol groups is 1. The average molecular weight is 270 g/mol. The molecule has 0 saturated carbocycles. The molecule has 1 fully saturated rings. The van der Waals surface area contributed by atoms with E-state index in [-0.39, 0.29) is 5.91 Å². The van der Waals surface area contributed by atoms with Gasteiger partial charge in [0.05, 0.1) is 4.88 Å². The molecular weight excluding hydrogens is 252 g/mol. The SMILES string of the molecule is CC(CNC(=O)c1cc(S)cs1)N1CCCC1. The van der Waals surface area contributed by atoms with Crippen LogP contribution >= 0.6 is 24.0 Å². The third-order valence-corrected chi connectivity index (χ3v) is 4.49. The van der Waals surface area contributed by atoms with Crippen molar-refractivity contribution in [3.63, 3.8) is 0 Å². The fourth-order valence-corrected chi connectivity index (χ4v) is 3.15. The first-order chi connectivity index (χ1) is 8.16. The van der Waals surface area contributed by atoms with E-state index in [9.17, 15) is 4.79 Å². The van der Waals surface area contributed by atoms with Crippen molar-refractivity contribution < 1.29 is 4.79 Å². The fourth-order valence-electron chi connectivity index (χ4n) is 2.08. The third-order valence-electron chi connectivity index (χ3n) is 3.13. The molecule has 2 rings (SSSR count). The second-order valence-electron chi connectivity index (χ2n) is 4.47. The molecule has 1 N–H and O–H groups in total. The Morgan fingerprint density at radius 3 is 2.88 bits per heavy atom. The molecule has 1 aromatic heterocycles. The summed E-state index contributed by atoms with van der Waals surface area (Å²) in [6.45, 7) is 5.22. The fraction of sp³-hybridized carbons (Fsp3) is 0.583. The van der Waals surface area contributed by atoms with Crippen LogP contribution in [-0.2, 0) is 0 Å². The number of nitrogens with one attached hydrogen (secondary N) is 1. The number of rotatable bonds is 4. The molecule has 0 aliphatic carbocycles. The van der Waals surface area contributed by atoms with E-state index < -0.39 is 0 Å². The maximum atomic E-state index is 11.8. The molecule has 5 heteroatoms. The molecule has 1 aromatic rings. The van der Waals surface area contributed by atoms with Crippen LogP contribution in [0.1, 0.15) is 29.4 Å². The number of carbonyl (C=O) groups is 1. The zero-order valence-electron chi connectivity index (χ0n) is 9.98. The van der Waals surface area contributed by atoms with E-state index in [1.807, 2.05) is 11.4 Å². The van der Waals surface area contributed by atoms with Crippen LogP contribution in [0.15, 0.2) is 16.3 Å². The van der Waals surface area contributed by atoms with Crippen LogP contribution in [-0.4, -0.2) is 36.5 Å². The van der Waals surface area contributed by atoms with Gasteiger partial charge in [0.25, 0.3) is 5.91 Å². The van der Waals surface area contributed by atoms with Gasteiger partial charge in [-0.15, -0.1) is 24.0 Å². The molecule has 1 aliphatic heterocycles. The summed E-state index contributed by atoms with van der Waals surface area (Å²) in [6, 6.07) is 2.24. The molecule has 0 bridgehead atoms. The minimum absolute atomic E-state index is 0.0151. The maximum absolute atomic E-state index is 11.8. The number of carbonyl (C=O) groups excluding carboxylic acids is 1. The summed E-state index contributed by atoms with van der Waals surface area (Å²) >= 11 is 5.64. The number of nitrogens with zero attached hydrogens (tertiary/aromatic N) is 1. The highest BCUT2D eigenvalue weighted by Gasteiger charge is 2.18. The topological polar surface area (TPSA) is 32.3 Å². The largest absolute Gasteiger partial charge is 0.350 e. The van der Waals surface area contributed by atoms with Gasteiger partial charge in [-0.2, -0.15) is 0 Å². The highest BCUT2D eigenvalue weighted by Crippen LogP contribution is 2.17. The van der Waals surface area contributed by atoms with E-state index in [2.05, 4.69) is 29.8 Å². The summed E-state index contributed by atoms with van der Waals surface area (Å²) in [7, 11) is 0. The second kappa shape index (κ2) is 5.89. The lowest BCUT2D eigenvalue weighted by Crippen LogP contribution is -2.40. The molecule has 0 spiro atoms. The standard InChI is InChI=1S/C12H18N2OS2/c1-9(14-4-2-3-5-14)7-13-12(15)11-6-10(16)8-17-11/h6,8-9,16H,2-5,7H2,1H3,(H,13,15). The number of hydrogen-bond donors (Lipinski definition) is 2. The summed E-state index contributed by atoms with van der Waals surface area (Å²) in [6.07, 6.45) is 2.57. The van der Waals surface area contributed by atoms with E-state index in [0.717, 1.165) is 29.4 Å². The first-order valence-corrected chi connectivity index (χ1v) is 7.29. The van der Waals surface area contributed by atoms with Crippen molar-refractivity contribution in [2.75, 3.05) is 19.6 Å². The van der Waals surface area contributed by atoms with Crippen molar-refractivity contribution in [1.29, 1.82) is 0 Å². The summed E-state index contributed by atoms with van der Waals surface area (Å²) < 4.78 is 0. The molecular formula is C12H18N2OS2. The van der Waals surface area contributed by atoms with Gasteiger partial charge in [0.2, 0.25) is 0 Å². The number of amides is 1. The second-order valence-corrected chi connectivity index (χ2v) is 5.90. The molecule has 17 heavy (non-hydrogen) atoms. The van der Waals surface area contributed by atoms with Gasteiger partial charge in [-0.25, -0.2) is 0 Å². The highest BCUT2D eigenvalue weighted by molar-refractivity contribution is 7.80. The van der Waals surface area contributed by atoms with Crippen LogP contribution in [0.5, 0.6) is 0 Å². The van der Waals surface area contributed by atoms with E-state index in [1.54, 1.807) is 0 Å². The van der Waals surface area contributed by atoms with Crippen LogP contribution in [0.4, 0.5) is 0 Å². The van der Waals surface area contributed by atoms with Crippen molar-refractivity contribution in [2.45, 2.75) is 30.7 Å². The van der Waals surface area contributed by atoms with Gasteiger partial charge >= 0.3 is 0 Å². The number of hydrogen-bond acceptors (Lipinski definition) is 4. The summed E-state index contributed by atoms with van der Waals surface area (Å²) in [5.74, 6) is 0.0151. The smallest absolute Gasteiger partial charge is 0.261 e. The van der Waals surface area contributed by atoms with E-state index in [1.165, 1.54) is 24.2 Å². The third kappa shape index (κ3) is 3.47. The minimum Gasteiger partial charge on any atom is -0.350 e. The van der Waals surface area contributed by atoms with Crippen LogP contribution in [0, 0.1) is 0 Å². The first kappa shape index (κ1) is 12.9. The predicted molar refractivity (Wildman–Crippen MR) is 74.2 cm³/mol. The van der Waals surface area contributed by atoms with Gasteiger partial charge in [0, 0.05) is 22.9 Å². The van der Waals surface area contributed by atoms with Crippen molar-refractivity contribution in [3.05, 3.63) is 16.3 Å². The van der Waals surface area contributed by atoms with Crippen molar-refractivity contribution in [1.82, 2.24) is 10.2 Å². The van der Waals surface area contributed by atoms with Gasteiger partial charge in [0.15, 0.2) is 0 Å². The number of likely N-dealkylation sites (tertiary alicyclic amines) is 1. The number of thiophene rings is 1. The lowest BCUT2D eigenvalue weighted by molar-refractivity contribution is 0.0944. The molecule has 0 radical (unpaired) electrons. The van der Waals surface area contributed by atoms with Gasteiger partial charge in [-0.05, 0) is 38.9 Å². The molecule has 94 valence electrons. The van der Waals surface area contributed by atoms with Crippen LogP contribution < -0.4 is 5.32 Å². The Labute approximate surface area is 112 Å². The predicted octanol–water partition coefficient (Wildman–Crippen LogP) is 2.25. The van der Waals surface area contributed by atoms with Crippen LogP contribution in [0.25, 0.3) is 0 Å². The zero-order valence-corrected chi connectivity index (χ0v) is 11.7. The van der Waals surface area contributed by atoms with Crippen molar-refractivity contribution >= 4 is 29.9 Å². The Hall–Kier alpha value is -0.520. The molecule has 0 aromatic carbocycles. The summed E-state index contributed by atoms with van der Waals surface area (Å²) in [4.78, 5) is 15.8. The molecule has 1 aliphatic rings. The normalized spacial score (nSPS) is 18.2. The zero-order chi connectivity index (χ0) is 12.3. The summed E-state index contributed by atoms with van der Waals surface area (Å²) in [5.41, 5.74) is 0. The van der Waals surface area contributed by atoms with E-state index >= 15 is 0 Å². The van der Waals surface area contributed by atoms with Gasteiger partial charge in [-0.1, -0.05) is 0 Å². The monoisotopic (exact) mass is 270 g/mol. The Morgan fingerprint density at radius 2 is 2.29 bits per heavy atom. The van der Waals surface area contributed by atoms with Gasteiger partial charge in [-0.3, -0.25) is 9.69 Å². The van der Waals surface area contributed by atoms with Gasteiger partial charge in [0.1, 0.15) is 0 Å². The molecule has 1 atom stereocenters. The highest BCUT2D eigenvalue weighted by atomic mass is 32.1. The Morgan fingerprint density at radius 1 is 1.59 bits per heavy atom. The maximum Gasteiger partial charge on any atom is 0.261 e. The first-order valence-electron chi connectivity index (χ1n) is 5.96. The van der Waals surface area contributed by atoms with Gasteiger partial charge < -0.3 is 5.32 Å². The van der Waals surface area contributed by atoms with E-state index in [4.69, 9.17) is 0 Å². The molecule has 3 nitrogen and oxygen atoms in total. The Kier molecular flexibility index (Phi) is 4.48. The quantitative estimate of drug-likeness (QED) is 0.823. The van der Waals surface area contributed by atoms with Crippen LogP contribution in [0.2, 0.25) is 0 Å². The minimum atomic E-state index is 0.0151. The van der Waals surface area contributed by atoms with E-state index in [0.29, 0.717) is 6.04 Å². The molecule has 2 heterocycles. The molecule has 1 amide bonds. The Balaban J connectivity index is 1.79. The van der Waals surface area contributed by atoms with Crippen molar-refractivity contribution in [3.8, 4) is 0 Å². The Bertz CT molecular complexity index is 386. The lowest BCUT2D eigenvalue weighted by atomic mass is 10.3. The summed E-state index contributed by atoms with van der Waals surface area (Å²) in [5, 5.41) is 4.86. The van der Waals surface area contributed by atoms with Crippen LogP contribution in [0.3, 0.4) is 0 Å². The lowest BCUT2D eigenvalue weighted by Gasteiger charge is -2.23. The average Bonchev–Trinajstić information content (AvgIpc) is 2.95. The molecule has 1 unspecified atom stereocenters. The van der Waals surface area contributed by atoms with Crippen molar-refractivity contribution in [2.24, 2.45) is 0 Å². The molecule has 1 saturated heterocycles.